The van der Waals surface area contributed by atoms with Crippen molar-refractivity contribution < 1.29 is 0 Å². The minimum absolute atomic E-state index is 0.259. The molecule has 0 aliphatic rings. The molecule has 0 radical (unpaired) electrons. The Balaban J connectivity index is 2.39. The average molecular weight is 151 g/mol. The molecule has 0 unspecified atom stereocenters. The maximum Gasteiger partial charge on any atom is 0.115 e. The van der Waals surface area contributed by atoms with Crippen LogP contribution in [0.2, 0.25) is 0 Å². The van der Waals surface area contributed by atoms with E-state index in [9.17, 15) is 0 Å². The SMILES string of the molecule is C[C@@H](N)CCc1cncnc1. The molecule has 0 saturated heterocycles. The fraction of sp³-hybridized carbons (Fsp3) is 0.500. The number of aromatic nitrogens is 2. The Bertz CT molecular complexity index is 196. The highest BCUT2D eigenvalue weighted by molar-refractivity contribution is 5.02. The van der Waals surface area contributed by atoms with E-state index in [1.54, 1.807) is 0 Å². The van der Waals surface area contributed by atoms with Gasteiger partial charge in [0.15, 0.2) is 0 Å². The summed E-state index contributed by atoms with van der Waals surface area (Å²) < 4.78 is 0. The topological polar surface area (TPSA) is 51.8 Å². The second-order valence-corrected chi connectivity index (χ2v) is 2.76. The maximum absolute atomic E-state index is 5.60. The largest absolute Gasteiger partial charge is 0.328 e. The Morgan fingerprint density at radius 2 is 2.09 bits per heavy atom. The van der Waals surface area contributed by atoms with Crippen LogP contribution in [0.5, 0.6) is 0 Å². The molecule has 0 fully saturated rings. The summed E-state index contributed by atoms with van der Waals surface area (Å²) in [5.41, 5.74) is 6.76. The van der Waals surface area contributed by atoms with Crippen molar-refractivity contribution in [2.75, 3.05) is 0 Å². The Morgan fingerprint density at radius 1 is 1.45 bits per heavy atom. The van der Waals surface area contributed by atoms with Crippen molar-refractivity contribution in [2.45, 2.75) is 25.8 Å². The first-order valence-electron chi connectivity index (χ1n) is 3.78. The molecule has 3 nitrogen and oxygen atoms in total. The monoisotopic (exact) mass is 151 g/mol. The van der Waals surface area contributed by atoms with Gasteiger partial charge in [-0.2, -0.15) is 0 Å². The molecule has 0 amide bonds. The van der Waals surface area contributed by atoms with Gasteiger partial charge in [-0.3, -0.25) is 0 Å². The highest BCUT2D eigenvalue weighted by atomic mass is 14.8. The second kappa shape index (κ2) is 4.03. The van der Waals surface area contributed by atoms with E-state index in [0.717, 1.165) is 18.4 Å². The van der Waals surface area contributed by atoms with Crippen LogP contribution in [-0.4, -0.2) is 16.0 Å². The highest BCUT2D eigenvalue weighted by Gasteiger charge is 1.95. The summed E-state index contributed by atoms with van der Waals surface area (Å²) >= 11 is 0. The van der Waals surface area contributed by atoms with Crippen LogP contribution >= 0.6 is 0 Å². The van der Waals surface area contributed by atoms with E-state index in [1.165, 1.54) is 6.33 Å². The predicted molar refractivity (Wildman–Crippen MR) is 44.0 cm³/mol. The first-order chi connectivity index (χ1) is 5.29. The van der Waals surface area contributed by atoms with Gasteiger partial charge >= 0.3 is 0 Å². The molecule has 0 aromatic carbocycles. The first kappa shape index (κ1) is 8.14. The summed E-state index contributed by atoms with van der Waals surface area (Å²) in [6.45, 7) is 2.00. The molecule has 2 N–H and O–H groups in total. The maximum atomic E-state index is 5.60. The van der Waals surface area contributed by atoms with Gasteiger partial charge in [0.25, 0.3) is 0 Å². The van der Waals surface area contributed by atoms with E-state index in [1.807, 2.05) is 19.3 Å². The van der Waals surface area contributed by atoms with Crippen LogP contribution < -0.4 is 5.73 Å². The Hall–Kier alpha value is -0.960. The van der Waals surface area contributed by atoms with Crippen LogP contribution in [0.3, 0.4) is 0 Å². The quantitative estimate of drug-likeness (QED) is 0.693. The Morgan fingerprint density at radius 3 is 2.64 bits per heavy atom. The van der Waals surface area contributed by atoms with Gasteiger partial charge in [0.05, 0.1) is 0 Å². The number of aryl methyl sites for hydroxylation is 1. The number of rotatable bonds is 3. The molecule has 0 aliphatic carbocycles. The molecule has 3 heteroatoms. The molecule has 1 aromatic rings. The van der Waals surface area contributed by atoms with Crippen LogP contribution in [-0.2, 0) is 6.42 Å². The molecule has 1 rings (SSSR count). The normalized spacial score (nSPS) is 12.9. The van der Waals surface area contributed by atoms with Crippen molar-refractivity contribution >= 4 is 0 Å². The summed E-state index contributed by atoms with van der Waals surface area (Å²) in [6.07, 6.45) is 7.16. The van der Waals surface area contributed by atoms with Gasteiger partial charge in [0.2, 0.25) is 0 Å². The van der Waals surface area contributed by atoms with Crippen LogP contribution in [0.25, 0.3) is 0 Å². The van der Waals surface area contributed by atoms with E-state index < -0.39 is 0 Å². The fourth-order valence-electron chi connectivity index (χ4n) is 0.853. The van der Waals surface area contributed by atoms with Crippen LogP contribution in [0.15, 0.2) is 18.7 Å². The zero-order valence-corrected chi connectivity index (χ0v) is 6.70. The lowest BCUT2D eigenvalue weighted by molar-refractivity contribution is 0.663. The molecule has 11 heavy (non-hydrogen) atoms. The number of nitrogens with two attached hydrogens (primary N) is 1. The summed E-state index contributed by atoms with van der Waals surface area (Å²) in [4.78, 5) is 7.82. The van der Waals surface area contributed by atoms with E-state index >= 15 is 0 Å². The van der Waals surface area contributed by atoms with Crippen molar-refractivity contribution in [1.82, 2.24) is 9.97 Å². The van der Waals surface area contributed by atoms with Crippen LogP contribution in [0.1, 0.15) is 18.9 Å². The van der Waals surface area contributed by atoms with E-state index in [2.05, 4.69) is 9.97 Å². The molecular weight excluding hydrogens is 138 g/mol. The number of hydrogen-bond acceptors (Lipinski definition) is 3. The van der Waals surface area contributed by atoms with E-state index in [-0.39, 0.29) is 6.04 Å². The smallest absolute Gasteiger partial charge is 0.115 e. The first-order valence-corrected chi connectivity index (χ1v) is 3.78. The van der Waals surface area contributed by atoms with Gasteiger partial charge in [0.1, 0.15) is 6.33 Å². The molecule has 0 bridgehead atoms. The second-order valence-electron chi connectivity index (χ2n) is 2.76. The zero-order chi connectivity index (χ0) is 8.10. The summed E-state index contributed by atoms with van der Waals surface area (Å²) in [5, 5.41) is 0. The highest BCUT2D eigenvalue weighted by Crippen LogP contribution is 1.99. The predicted octanol–water partition coefficient (Wildman–Crippen LogP) is 0.756. The summed E-state index contributed by atoms with van der Waals surface area (Å²) in [6, 6.07) is 0.259. The molecule has 1 atom stereocenters. The van der Waals surface area contributed by atoms with Gasteiger partial charge in [-0.15, -0.1) is 0 Å². The standard InChI is InChI=1S/C8H13N3/c1-7(9)2-3-8-4-10-6-11-5-8/h4-7H,2-3,9H2,1H3/t7-/m1/s1. The molecule has 0 saturated carbocycles. The Kier molecular flexibility index (Phi) is 2.98. The van der Waals surface area contributed by atoms with E-state index in [0.29, 0.717) is 0 Å². The number of nitrogens with zero attached hydrogens (tertiary/aromatic N) is 2. The molecular formula is C8H13N3. The molecule has 0 aliphatic heterocycles. The Labute approximate surface area is 66.7 Å². The third kappa shape index (κ3) is 3.09. The number of hydrogen-bond donors (Lipinski definition) is 1. The minimum Gasteiger partial charge on any atom is -0.328 e. The third-order valence-electron chi connectivity index (χ3n) is 1.50. The lowest BCUT2D eigenvalue weighted by Gasteiger charge is -2.02. The van der Waals surface area contributed by atoms with Crippen molar-refractivity contribution in [3.8, 4) is 0 Å². The van der Waals surface area contributed by atoms with Gasteiger partial charge in [0, 0.05) is 18.4 Å². The van der Waals surface area contributed by atoms with E-state index in [4.69, 9.17) is 5.73 Å². The van der Waals surface area contributed by atoms with Gasteiger partial charge in [-0.25, -0.2) is 9.97 Å². The fourth-order valence-corrected chi connectivity index (χ4v) is 0.853. The zero-order valence-electron chi connectivity index (χ0n) is 6.70. The molecule has 1 heterocycles. The summed E-state index contributed by atoms with van der Waals surface area (Å²) in [5.74, 6) is 0. The third-order valence-corrected chi connectivity index (χ3v) is 1.50. The molecule has 60 valence electrons. The van der Waals surface area contributed by atoms with Gasteiger partial charge < -0.3 is 5.73 Å². The van der Waals surface area contributed by atoms with Crippen molar-refractivity contribution in [2.24, 2.45) is 5.73 Å². The lowest BCUT2D eigenvalue weighted by atomic mass is 10.1. The van der Waals surface area contributed by atoms with Crippen LogP contribution in [0, 0.1) is 0 Å². The lowest BCUT2D eigenvalue weighted by Crippen LogP contribution is -2.15. The molecule has 1 aromatic heterocycles. The van der Waals surface area contributed by atoms with Crippen molar-refractivity contribution in [3.05, 3.63) is 24.3 Å². The van der Waals surface area contributed by atoms with Gasteiger partial charge in [-0.05, 0) is 25.3 Å². The molecule has 0 spiro atoms. The van der Waals surface area contributed by atoms with Gasteiger partial charge in [-0.1, -0.05) is 0 Å². The van der Waals surface area contributed by atoms with Crippen molar-refractivity contribution in [1.29, 1.82) is 0 Å². The summed E-state index contributed by atoms with van der Waals surface area (Å²) in [7, 11) is 0. The average Bonchev–Trinajstić information content (AvgIpc) is 2.03. The van der Waals surface area contributed by atoms with Crippen LogP contribution in [0.4, 0.5) is 0 Å². The minimum atomic E-state index is 0.259. The van der Waals surface area contributed by atoms with Crippen molar-refractivity contribution in [3.63, 3.8) is 0 Å².